The van der Waals surface area contributed by atoms with Crippen LogP contribution < -0.4 is 14.2 Å². The Labute approximate surface area is 144 Å². The van der Waals surface area contributed by atoms with Crippen LogP contribution in [0, 0.1) is 0 Å². The van der Waals surface area contributed by atoms with Gasteiger partial charge in [0.2, 0.25) is 20.0 Å². The molecule has 1 aliphatic heterocycles. The maximum atomic E-state index is 11.3. The van der Waals surface area contributed by atoms with Crippen molar-refractivity contribution in [3.8, 4) is 11.5 Å². The smallest absolute Gasteiger partial charge is 0.229 e. The van der Waals surface area contributed by atoms with Gasteiger partial charge in [0.25, 0.3) is 0 Å². The first-order chi connectivity index (χ1) is 11.1. The van der Waals surface area contributed by atoms with Gasteiger partial charge in [-0.1, -0.05) is 11.8 Å². The predicted molar refractivity (Wildman–Crippen MR) is 94.0 cm³/mol. The van der Waals surface area contributed by atoms with Crippen LogP contribution >= 0.6 is 11.8 Å². The van der Waals surface area contributed by atoms with Crippen LogP contribution in [0.4, 0.5) is 11.4 Å². The molecule has 0 saturated carbocycles. The lowest BCUT2D eigenvalue weighted by Crippen LogP contribution is -2.10. The minimum atomic E-state index is -3.36. The average molecular weight is 386 g/mol. The molecule has 0 saturated heterocycles. The zero-order chi connectivity index (χ0) is 17.5. The summed E-state index contributed by atoms with van der Waals surface area (Å²) in [6.07, 6.45) is 2.16. The molecule has 0 aromatic heterocycles. The highest BCUT2D eigenvalue weighted by Gasteiger charge is 2.19. The van der Waals surface area contributed by atoms with E-state index < -0.39 is 20.0 Å². The Morgan fingerprint density at radius 1 is 0.792 bits per heavy atom. The molecular formula is C14H14N2O5S3. The lowest BCUT2D eigenvalue weighted by atomic mass is 10.3. The van der Waals surface area contributed by atoms with Crippen LogP contribution in [0.1, 0.15) is 0 Å². The number of rotatable bonds is 4. The number of fused-ring (bicyclic) bond motifs is 2. The molecule has 0 radical (unpaired) electrons. The van der Waals surface area contributed by atoms with Crippen LogP contribution in [0.5, 0.6) is 11.5 Å². The van der Waals surface area contributed by atoms with Crippen LogP contribution in [-0.2, 0) is 20.0 Å². The summed E-state index contributed by atoms with van der Waals surface area (Å²) in [5.41, 5.74) is 0.863. The second-order valence-corrected chi connectivity index (χ2v) is 9.86. The van der Waals surface area contributed by atoms with Gasteiger partial charge in [-0.15, -0.1) is 0 Å². The van der Waals surface area contributed by atoms with Crippen LogP contribution in [0.3, 0.4) is 0 Å². The highest BCUT2D eigenvalue weighted by molar-refractivity contribution is 7.99. The molecule has 0 atom stereocenters. The third-order valence-electron chi connectivity index (χ3n) is 2.93. The fourth-order valence-corrected chi connectivity index (χ4v) is 4.22. The van der Waals surface area contributed by atoms with E-state index in [2.05, 4.69) is 9.44 Å². The van der Waals surface area contributed by atoms with Gasteiger partial charge in [0.15, 0.2) is 0 Å². The molecule has 7 nitrogen and oxygen atoms in total. The highest BCUT2D eigenvalue weighted by Crippen LogP contribution is 2.48. The van der Waals surface area contributed by atoms with Gasteiger partial charge in [0.05, 0.1) is 28.0 Å². The molecule has 128 valence electrons. The summed E-state index contributed by atoms with van der Waals surface area (Å²) in [7, 11) is -6.72. The first-order valence-electron chi connectivity index (χ1n) is 6.68. The molecule has 0 spiro atoms. The molecule has 0 fully saturated rings. The summed E-state index contributed by atoms with van der Waals surface area (Å²) in [5.74, 6) is 1.10. The van der Waals surface area contributed by atoms with E-state index in [9.17, 15) is 16.8 Å². The number of nitrogens with one attached hydrogen (secondary N) is 2. The van der Waals surface area contributed by atoms with Gasteiger partial charge in [-0.3, -0.25) is 9.44 Å². The van der Waals surface area contributed by atoms with Gasteiger partial charge in [-0.05, 0) is 30.3 Å². The SMILES string of the molecule is CS(=O)(=O)Nc1ccc2c(c1)Oc1ccc(NS(C)(=O)=O)cc1S2. The topological polar surface area (TPSA) is 102 Å². The van der Waals surface area contributed by atoms with E-state index in [0.29, 0.717) is 22.9 Å². The molecule has 2 N–H and O–H groups in total. The summed E-state index contributed by atoms with van der Waals surface area (Å²) in [6, 6.07) is 9.94. The lowest BCUT2D eigenvalue weighted by Gasteiger charge is -2.21. The first kappa shape index (κ1) is 16.9. The number of anilines is 2. The van der Waals surface area contributed by atoms with Crippen LogP contribution in [0.2, 0.25) is 0 Å². The summed E-state index contributed by atoms with van der Waals surface area (Å²) in [4.78, 5) is 1.57. The van der Waals surface area contributed by atoms with Crippen molar-refractivity contribution >= 4 is 43.2 Å². The monoisotopic (exact) mass is 386 g/mol. The van der Waals surface area contributed by atoms with E-state index in [1.807, 2.05) is 0 Å². The van der Waals surface area contributed by atoms with Gasteiger partial charge in [0, 0.05) is 11.8 Å². The summed E-state index contributed by atoms with van der Waals surface area (Å²) < 4.78 is 55.8. The number of ether oxygens (including phenoxy) is 1. The summed E-state index contributed by atoms with van der Waals surface area (Å²) in [5, 5.41) is 0. The van der Waals surface area contributed by atoms with Crippen molar-refractivity contribution in [3.05, 3.63) is 36.4 Å². The quantitative estimate of drug-likeness (QED) is 0.715. The molecule has 3 rings (SSSR count). The van der Waals surface area contributed by atoms with E-state index in [1.165, 1.54) is 11.8 Å². The molecule has 1 heterocycles. The maximum Gasteiger partial charge on any atom is 0.229 e. The van der Waals surface area contributed by atoms with Gasteiger partial charge in [-0.2, -0.15) is 0 Å². The third-order valence-corrected chi connectivity index (χ3v) is 5.24. The minimum absolute atomic E-state index is 0.413. The molecule has 0 aliphatic carbocycles. The molecule has 24 heavy (non-hydrogen) atoms. The molecule has 10 heteroatoms. The van der Waals surface area contributed by atoms with Crippen molar-refractivity contribution in [2.24, 2.45) is 0 Å². The Hall–Kier alpha value is -1.91. The Kier molecular flexibility index (Phi) is 4.14. The van der Waals surface area contributed by atoms with Crippen molar-refractivity contribution in [1.29, 1.82) is 0 Å². The largest absolute Gasteiger partial charge is 0.455 e. The second kappa shape index (κ2) is 5.87. The van der Waals surface area contributed by atoms with Crippen molar-refractivity contribution in [3.63, 3.8) is 0 Å². The van der Waals surface area contributed by atoms with E-state index in [4.69, 9.17) is 4.74 Å². The van der Waals surface area contributed by atoms with Crippen LogP contribution in [-0.4, -0.2) is 29.3 Å². The maximum absolute atomic E-state index is 11.3. The fourth-order valence-electron chi connectivity index (χ4n) is 2.14. The highest BCUT2D eigenvalue weighted by atomic mass is 32.2. The molecule has 0 unspecified atom stereocenters. The number of benzene rings is 2. The van der Waals surface area contributed by atoms with Crippen molar-refractivity contribution in [2.75, 3.05) is 22.0 Å². The van der Waals surface area contributed by atoms with Crippen LogP contribution in [0.25, 0.3) is 0 Å². The summed E-state index contributed by atoms with van der Waals surface area (Å²) in [6.45, 7) is 0. The molecule has 0 amide bonds. The van der Waals surface area contributed by atoms with Gasteiger partial charge < -0.3 is 4.74 Å². The number of sulfonamides is 2. The zero-order valence-corrected chi connectivity index (χ0v) is 15.2. The third kappa shape index (κ3) is 4.13. The van der Waals surface area contributed by atoms with E-state index in [0.717, 1.165) is 22.3 Å². The zero-order valence-electron chi connectivity index (χ0n) is 12.7. The van der Waals surface area contributed by atoms with Crippen molar-refractivity contribution in [2.45, 2.75) is 9.79 Å². The standard InChI is InChI=1S/C14H14N2O5S3/c1-23(17,18)15-9-4-6-13-12(7-9)21-11-5-3-10(8-14(11)22-13)16-24(2,19)20/h3-8,15-16H,1-2H3. The van der Waals surface area contributed by atoms with E-state index in [1.54, 1.807) is 36.4 Å². The molecule has 0 bridgehead atoms. The molecular weight excluding hydrogens is 372 g/mol. The van der Waals surface area contributed by atoms with Gasteiger partial charge in [-0.25, -0.2) is 16.8 Å². The Morgan fingerprint density at radius 2 is 1.38 bits per heavy atom. The number of hydrogen-bond donors (Lipinski definition) is 2. The molecule has 1 aliphatic rings. The van der Waals surface area contributed by atoms with Crippen molar-refractivity contribution in [1.82, 2.24) is 0 Å². The van der Waals surface area contributed by atoms with Crippen LogP contribution in [0.15, 0.2) is 46.2 Å². The number of hydrogen-bond acceptors (Lipinski definition) is 6. The minimum Gasteiger partial charge on any atom is -0.455 e. The van der Waals surface area contributed by atoms with Gasteiger partial charge >= 0.3 is 0 Å². The molecule has 2 aromatic rings. The summed E-state index contributed by atoms with van der Waals surface area (Å²) >= 11 is 1.41. The Balaban J connectivity index is 1.89. The average Bonchev–Trinajstić information content (AvgIpc) is 2.41. The normalized spacial score (nSPS) is 13.4. The first-order valence-corrected chi connectivity index (χ1v) is 11.3. The van der Waals surface area contributed by atoms with E-state index in [-0.39, 0.29) is 0 Å². The second-order valence-electron chi connectivity index (χ2n) is 5.28. The Morgan fingerprint density at radius 3 is 2.00 bits per heavy atom. The van der Waals surface area contributed by atoms with Gasteiger partial charge in [0.1, 0.15) is 11.5 Å². The Bertz CT molecular complexity index is 933. The fraction of sp³-hybridized carbons (Fsp3) is 0.143. The van der Waals surface area contributed by atoms with Crippen molar-refractivity contribution < 1.29 is 21.6 Å². The predicted octanol–water partition coefficient (Wildman–Crippen LogP) is 2.69. The molecule has 2 aromatic carbocycles. The van der Waals surface area contributed by atoms with E-state index >= 15 is 0 Å². The lowest BCUT2D eigenvalue weighted by molar-refractivity contribution is 0.455.